The Bertz CT molecular complexity index is 1160. The van der Waals surface area contributed by atoms with Crippen molar-refractivity contribution >= 4 is 40.6 Å². The Morgan fingerprint density at radius 2 is 1.73 bits per heavy atom. The van der Waals surface area contributed by atoms with E-state index in [4.69, 9.17) is 23.8 Å². The fraction of sp³-hybridized carbons (Fsp3) is 0.318. The molecule has 0 radical (unpaired) electrons. The van der Waals surface area contributed by atoms with Crippen LogP contribution in [-0.2, 0) is 17.9 Å². The summed E-state index contributed by atoms with van der Waals surface area (Å²) in [7, 11) is 0. The SMILES string of the molecule is O=C(CCn1c(=S)[nH]c2ccccc2c1=O)N1CCN(Cc2ccc(Cl)cc2)CC1. The molecular weight excluding hydrogens is 420 g/mol. The molecule has 6 nitrogen and oxygen atoms in total. The van der Waals surface area contributed by atoms with E-state index in [1.165, 1.54) is 10.1 Å². The zero-order valence-corrected chi connectivity index (χ0v) is 18.1. The number of aromatic nitrogens is 2. The molecule has 1 N–H and O–H groups in total. The number of aromatic amines is 1. The van der Waals surface area contributed by atoms with Crippen molar-refractivity contribution in [2.75, 3.05) is 26.2 Å². The number of amides is 1. The summed E-state index contributed by atoms with van der Waals surface area (Å²) in [6.45, 7) is 4.15. The van der Waals surface area contributed by atoms with Crippen molar-refractivity contribution in [2.45, 2.75) is 19.5 Å². The average molecular weight is 443 g/mol. The van der Waals surface area contributed by atoms with E-state index in [0.717, 1.165) is 24.7 Å². The van der Waals surface area contributed by atoms with Crippen molar-refractivity contribution < 1.29 is 4.79 Å². The van der Waals surface area contributed by atoms with Gasteiger partial charge in [0.25, 0.3) is 5.56 Å². The third-order valence-electron chi connectivity index (χ3n) is 5.48. The van der Waals surface area contributed by atoms with Gasteiger partial charge in [-0.3, -0.25) is 19.1 Å². The number of para-hydroxylation sites is 1. The number of nitrogens with one attached hydrogen (secondary N) is 1. The summed E-state index contributed by atoms with van der Waals surface area (Å²) in [5.74, 6) is 0.0515. The maximum atomic E-state index is 12.7. The van der Waals surface area contributed by atoms with Gasteiger partial charge in [-0.1, -0.05) is 35.9 Å². The molecular formula is C22H23ClN4O2S. The van der Waals surface area contributed by atoms with Crippen molar-refractivity contribution in [2.24, 2.45) is 0 Å². The number of nitrogens with zero attached hydrogens (tertiary/aromatic N) is 3. The number of piperazine rings is 1. The van der Waals surface area contributed by atoms with Crippen LogP contribution < -0.4 is 5.56 Å². The Labute approximate surface area is 184 Å². The highest BCUT2D eigenvalue weighted by Crippen LogP contribution is 2.13. The number of hydrogen-bond acceptors (Lipinski definition) is 4. The number of halogens is 1. The molecule has 2 heterocycles. The van der Waals surface area contributed by atoms with Crippen molar-refractivity contribution in [3.8, 4) is 0 Å². The van der Waals surface area contributed by atoms with E-state index in [2.05, 4.69) is 9.88 Å². The molecule has 1 aromatic heterocycles. The predicted octanol–water partition coefficient (Wildman–Crippen LogP) is 3.45. The van der Waals surface area contributed by atoms with E-state index in [1.807, 2.05) is 47.4 Å². The van der Waals surface area contributed by atoms with Gasteiger partial charge in [-0.15, -0.1) is 0 Å². The van der Waals surface area contributed by atoms with Gasteiger partial charge in [0.2, 0.25) is 5.91 Å². The Morgan fingerprint density at radius 3 is 2.47 bits per heavy atom. The summed E-state index contributed by atoms with van der Waals surface area (Å²) in [5.41, 5.74) is 1.77. The molecule has 1 aliphatic heterocycles. The minimum absolute atomic E-state index is 0.0515. The van der Waals surface area contributed by atoms with E-state index in [-0.39, 0.29) is 24.4 Å². The van der Waals surface area contributed by atoms with Gasteiger partial charge in [-0.05, 0) is 42.0 Å². The fourth-order valence-electron chi connectivity index (χ4n) is 3.77. The highest BCUT2D eigenvalue weighted by Gasteiger charge is 2.21. The summed E-state index contributed by atoms with van der Waals surface area (Å²) in [5, 5.41) is 1.31. The normalized spacial score (nSPS) is 14.9. The predicted molar refractivity (Wildman–Crippen MR) is 121 cm³/mol. The number of benzene rings is 2. The molecule has 0 unspecified atom stereocenters. The lowest BCUT2D eigenvalue weighted by Gasteiger charge is -2.34. The Kier molecular flexibility index (Phi) is 6.32. The van der Waals surface area contributed by atoms with Crippen LogP contribution >= 0.6 is 23.8 Å². The standard InChI is InChI=1S/C22H23ClN4O2S/c23-17-7-5-16(6-8-17)15-25-11-13-26(14-12-25)20(28)9-10-27-21(29)18-3-1-2-4-19(18)24-22(27)30/h1-8H,9-15H2,(H,24,30). The van der Waals surface area contributed by atoms with Gasteiger partial charge in [0.05, 0.1) is 10.9 Å². The summed E-state index contributed by atoms with van der Waals surface area (Å²) in [6.07, 6.45) is 0.257. The zero-order valence-electron chi connectivity index (χ0n) is 16.5. The molecule has 1 aliphatic rings. The Hall–Kier alpha value is -2.48. The number of rotatable bonds is 5. The summed E-state index contributed by atoms with van der Waals surface area (Å²) in [4.78, 5) is 32.7. The van der Waals surface area contributed by atoms with Gasteiger partial charge in [0.15, 0.2) is 4.77 Å². The van der Waals surface area contributed by atoms with Crippen LogP contribution in [0.2, 0.25) is 5.02 Å². The van der Waals surface area contributed by atoms with Crippen LogP contribution in [-0.4, -0.2) is 51.4 Å². The first-order chi connectivity index (χ1) is 14.5. The molecule has 0 bridgehead atoms. The zero-order chi connectivity index (χ0) is 21.1. The first kappa shape index (κ1) is 20.8. The van der Waals surface area contributed by atoms with Gasteiger partial charge < -0.3 is 9.88 Å². The highest BCUT2D eigenvalue weighted by molar-refractivity contribution is 7.71. The van der Waals surface area contributed by atoms with E-state index >= 15 is 0 Å². The lowest BCUT2D eigenvalue weighted by molar-refractivity contribution is -0.133. The van der Waals surface area contributed by atoms with Gasteiger partial charge >= 0.3 is 0 Å². The molecule has 0 atom stereocenters. The summed E-state index contributed by atoms with van der Waals surface area (Å²) in [6, 6.07) is 15.1. The molecule has 30 heavy (non-hydrogen) atoms. The molecule has 1 amide bonds. The largest absolute Gasteiger partial charge is 0.340 e. The fourth-order valence-corrected chi connectivity index (χ4v) is 4.18. The highest BCUT2D eigenvalue weighted by atomic mass is 35.5. The molecule has 8 heteroatoms. The maximum absolute atomic E-state index is 12.7. The van der Waals surface area contributed by atoms with Gasteiger partial charge in [-0.2, -0.15) is 0 Å². The topological polar surface area (TPSA) is 61.3 Å². The van der Waals surface area contributed by atoms with E-state index in [1.54, 1.807) is 6.07 Å². The average Bonchev–Trinajstić information content (AvgIpc) is 2.75. The molecule has 3 aromatic rings. The Balaban J connectivity index is 1.33. The second kappa shape index (κ2) is 9.12. The van der Waals surface area contributed by atoms with Gasteiger partial charge in [-0.25, -0.2) is 0 Å². The molecule has 1 fully saturated rings. The van der Waals surface area contributed by atoms with Crippen LogP contribution in [0, 0.1) is 4.77 Å². The third kappa shape index (κ3) is 4.64. The van der Waals surface area contributed by atoms with Crippen molar-refractivity contribution in [3.63, 3.8) is 0 Å². The van der Waals surface area contributed by atoms with E-state index in [9.17, 15) is 9.59 Å². The smallest absolute Gasteiger partial charge is 0.262 e. The van der Waals surface area contributed by atoms with Gasteiger partial charge in [0.1, 0.15) is 0 Å². The summed E-state index contributed by atoms with van der Waals surface area (Å²) < 4.78 is 1.83. The summed E-state index contributed by atoms with van der Waals surface area (Å²) >= 11 is 11.3. The molecule has 0 spiro atoms. The monoisotopic (exact) mass is 442 g/mol. The van der Waals surface area contributed by atoms with Crippen LogP contribution in [0.5, 0.6) is 0 Å². The van der Waals surface area contributed by atoms with Crippen LogP contribution in [0.15, 0.2) is 53.3 Å². The number of fused-ring (bicyclic) bond motifs is 1. The molecule has 0 saturated carbocycles. The lowest BCUT2D eigenvalue weighted by Crippen LogP contribution is -2.48. The minimum Gasteiger partial charge on any atom is -0.340 e. The van der Waals surface area contributed by atoms with Crippen LogP contribution in [0.3, 0.4) is 0 Å². The molecule has 0 aliphatic carbocycles. The molecule has 2 aromatic carbocycles. The Morgan fingerprint density at radius 1 is 1.03 bits per heavy atom. The maximum Gasteiger partial charge on any atom is 0.262 e. The molecule has 1 saturated heterocycles. The van der Waals surface area contributed by atoms with Crippen molar-refractivity contribution in [1.82, 2.24) is 19.4 Å². The number of carbonyl (C=O) groups is 1. The van der Waals surface area contributed by atoms with Gasteiger partial charge in [0, 0.05) is 50.7 Å². The third-order valence-corrected chi connectivity index (χ3v) is 6.06. The first-order valence-corrected chi connectivity index (χ1v) is 10.8. The second-order valence-corrected chi connectivity index (χ2v) is 8.29. The number of hydrogen-bond donors (Lipinski definition) is 1. The lowest BCUT2D eigenvalue weighted by atomic mass is 10.2. The van der Waals surface area contributed by atoms with Crippen molar-refractivity contribution in [1.29, 1.82) is 0 Å². The van der Waals surface area contributed by atoms with Crippen LogP contribution in [0.25, 0.3) is 10.9 Å². The number of carbonyl (C=O) groups excluding carboxylic acids is 1. The van der Waals surface area contributed by atoms with Crippen molar-refractivity contribution in [3.05, 3.63) is 74.2 Å². The van der Waals surface area contributed by atoms with Crippen LogP contribution in [0.1, 0.15) is 12.0 Å². The number of H-pyrrole nitrogens is 1. The van der Waals surface area contributed by atoms with E-state index < -0.39 is 0 Å². The van der Waals surface area contributed by atoms with Crippen LogP contribution in [0.4, 0.5) is 0 Å². The molecule has 4 rings (SSSR count). The van der Waals surface area contributed by atoms with E-state index in [0.29, 0.717) is 28.8 Å². The second-order valence-electron chi connectivity index (χ2n) is 7.47. The first-order valence-electron chi connectivity index (χ1n) is 9.98. The molecule has 156 valence electrons. The quantitative estimate of drug-likeness (QED) is 0.615. The minimum atomic E-state index is -0.157.